The van der Waals surface area contributed by atoms with E-state index in [2.05, 4.69) is 20.9 Å². The average Bonchev–Trinajstić information content (AvgIpc) is 3.62. The van der Waals surface area contributed by atoms with Gasteiger partial charge in [0, 0.05) is 50.6 Å². The van der Waals surface area contributed by atoms with E-state index in [1.54, 1.807) is 9.58 Å². The highest BCUT2D eigenvalue weighted by atomic mass is 16.3. The van der Waals surface area contributed by atoms with Crippen LogP contribution < -0.4 is 10.6 Å². The molecule has 6 rings (SSSR count). The molecule has 3 amide bonds. The Kier molecular flexibility index (Phi) is 7.06. The summed E-state index contributed by atoms with van der Waals surface area (Å²) in [6.07, 6.45) is 5.74. The molecular formula is C30H32N6O4. The molecule has 2 aliphatic heterocycles. The summed E-state index contributed by atoms with van der Waals surface area (Å²) in [6.45, 7) is 1.89. The van der Waals surface area contributed by atoms with Crippen LogP contribution in [0.1, 0.15) is 40.9 Å². The van der Waals surface area contributed by atoms with Gasteiger partial charge in [0.15, 0.2) is 0 Å². The maximum atomic E-state index is 14.1. The molecule has 40 heavy (non-hydrogen) atoms. The largest absolute Gasteiger partial charge is 0.463 e. The van der Waals surface area contributed by atoms with Crippen LogP contribution in [-0.4, -0.2) is 63.3 Å². The number of carbonyl (C=O) groups excluding carboxylic acids is 3. The Hall–Kier alpha value is -4.47. The summed E-state index contributed by atoms with van der Waals surface area (Å²) >= 11 is 0. The van der Waals surface area contributed by atoms with Crippen molar-refractivity contribution >= 4 is 28.7 Å². The molecular weight excluding hydrogens is 508 g/mol. The molecule has 4 aromatic rings. The Morgan fingerprint density at radius 3 is 2.62 bits per heavy atom. The second kappa shape index (κ2) is 11.0. The lowest BCUT2D eigenvalue weighted by Crippen LogP contribution is -2.56. The summed E-state index contributed by atoms with van der Waals surface area (Å²) in [5, 5.41) is 15.4. The van der Waals surface area contributed by atoms with Gasteiger partial charge in [0.05, 0.1) is 16.7 Å². The molecule has 2 aromatic heterocycles. The van der Waals surface area contributed by atoms with Gasteiger partial charge in [-0.05, 0) is 30.9 Å². The lowest BCUT2D eigenvalue weighted by Gasteiger charge is -2.41. The van der Waals surface area contributed by atoms with Gasteiger partial charge in [0.25, 0.3) is 5.91 Å². The Balaban J connectivity index is 1.25. The highest BCUT2D eigenvalue weighted by Gasteiger charge is 2.44. The maximum Gasteiger partial charge on any atom is 0.257 e. The first-order chi connectivity index (χ1) is 19.5. The number of hydrogen-bond donors (Lipinski definition) is 2. The molecule has 0 saturated carbocycles. The highest BCUT2D eigenvalue weighted by molar-refractivity contribution is 6.06. The Morgan fingerprint density at radius 1 is 1.02 bits per heavy atom. The lowest BCUT2D eigenvalue weighted by molar-refractivity contribution is -0.137. The summed E-state index contributed by atoms with van der Waals surface area (Å²) in [5.74, 6) is -0.514. The minimum atomic E-state index is -0.834. The topological polar surface area (TPSA) is 122 Å². The molecule has 0 aliphatic carbocycles. The van der Waals surface area contributed by atoms with Gasteiger partial charge in [-0.25, -0.2) is 0 Å². The molecule has 10 heteroatoms. The van der Waals surface area contributed by atoms with E-state index in [-0.39, 0.29) is 17.7 Å². The summed E-state index contributed by atoms with van der Waals surface area (Å²) < 4.78 is 7.35. The lowest BCUT2D eigenvalue weighted by atomic mass is 9.73. The number of nitrogens with one attached hydrogen (secondary N) is 2. The van der Waals surface area contributed by atoms with E-state index in [4.69, 9.17) is 4.42 Å². The van der Waals surface area contributed by atoms with Crippen molar-refractivity contribution in [1.29, 1.82) is 0 Å². The fourth-order valence-electron chi connectivity index (χ4n) is 5.76. The number of fused-ring (bicyclic) bond motifs is 3. The third kappa shape index (κ3) is 5.21. The number of likely N-dealkylation sites (tertiary alicyclic amines) is 1. The van der Waals surface area contributed by atoms with E-state index in [1.807, 2.05) is 60.8 Å². The highest BCUT2D eigenvalue weighted by Crippen LogP contribution is 2.36. The normalized spacial score (nSPS) is 19.8. The summed E-state index contributed by atoms with van der Waals surface area (Å²) in [6, 6.07) is 16.4. The van der Waals surface area contributed by atoms with Gasteiger partial charge >= 0.3 is 0 Å². The number of amides is 3. The van der Waals surface area contributed by atoms with Crippen LogP contribution >= 0.6 is 0 Å². The number of hydrogen-bond acceptors (Lipinski definition) is 6. The van der Waals surface area contributed by atoms with Gasteiger partial charge in [-0.3, -0.25) is 19.1 Å². The number of rotatable bonds is 3. The van der Waals surface area contributed by atoms with Gasteiger partial charge < -0.3 is 20.0 Å². The van der Waals surface area contributed by atoms with E-state index in [1.165, 1.54) is 6.26 Å². The Morgan fingerprint density at radius 2 is 1.80 bits per heavy atom. The molecule has 10 nitrogen and oxygen atoms in total. The molecule has 2 bridgehead atoms. The van der Waals surface area contributed by atoms with Crippen LogP contribution in [-0.2, 0) is 29.0 Å². The average molecular weight is 541 g/mol. The molecule has 1 atom stereocenters. The first-order valence-corrected chi connectivity index (χ1v) is 13.8. The van der Waals surface area contributed by atoms with E-state index < -0.39 is 11.5 Å². The van der Waals surface area contributed by atoms with Gasteiger partial charge in [0.1, 0.15) is 17.9 Å². The quantitative estimate of drug-likeness (QED) is 0.412. The molecule has 1 saturated heterocycles. The van der Waals surface area contributed by atoms with Crippen LogP contribution in [0.3, 0.4) is 0 Å². The Bertz CT molecular complexity index is 1520. The fraction of sp³-hybridized carbons (Fsp3) is 0.367. The maximum absolute atomic E-state index is 14.1. The zero-order valence-corrected chi connectivity index (χ0v) is 22.2. The van der Waals surface area contributed by atoms with Crippen LogP contribution in [0.5, 0.6) is 0 Å². The van der Waals surface area contributed by atoms with Crippen molar-refractivity contribution in [2.24, 2.45) is 5.41 Å². The fourth-order valence-corrected chi connectivity index (χ4v) is 5.76. The second-order valence-corrected chi connectivity index (χ2v) is 10.7. The number of para-hydroxylation sites is 1. The smallest absolute Gasteiger partial charge is 0.257 e. The van der Waals surface area contributed by atoms with Crippen LogP contribution in [0, 0.1) is 5.41 Å². The molecule has 0 radical (unpaired) electrons. The number of aryl methyl sites for hydroxylation is 1. The van der Waals surface area contributed by atoms with Crippen LogP contribution in [0.2, 0.25) is 0 Å². The molecule has 0 unspecified atom stereocenters. The number of carbonyl (C=O) groups is 3. The van der Waals surface area contributed by atoms with Crippen LogP contribution in [0.15, 0.2) is 71.5 Å². The van der Waals surface area contributed by atoms with Crippen LogP contribution in [0.4, 0.5) is 0 Å². The monoisotopic (exact) mass is 540 g/mol. The van der Waals surface area contributed by atoms with Crippen molar-refractivity contribution in [3.8, 4) is 0 Å². The van der Waals surface area contributed by atoms with Crippen molar-refractivity contribution in [2.75, 3.05) is 19.6 Å². The van der Waals surface area contributed by atoms with Crippen molar-refractivity contribution in [1.82, 2.24) is 30.5 Å². The molecule has 2 aliphatic rings. The second-order valence-electron chi connectivity index (χ2n) is 10.7. The standard InChI is InChI=1S/C30H32N6O4/c37-27-25(17-21-7-2-1-3-8-21)32-29(39)30(18-22-19-36(34-33-22)14-6-13-31-27)11-15-35(16-12-30)28(38)24-20-40-26-10-5-4-9-23(24)26/h1-5,7-10,19-20,25H,6,11-18H2,(H,31,37)(H,32,39)/t25-/m0/s1. The predicted molar refractivity (Wildman–Crippen MR) is 147 cm³/mol. The van der Waals surface area contributed by atoms with Gasteiger partial charge in [-0.2, -0.15) is 0 Å². The molecule has 206 valence electrons. The molecule has 2 N–H and O–H groups in total. The zero-order chi connectivity index (χ0) is 27.5. The minimum absolute atomic E-state index is 0.114. The summed E-state index contributed by atoms with van der Waals surface area (Å²) in [4.78, 5) is 42.5. The predicted octanol–water partition coefficient (Wildman–Crippen LogP) is 2.74. The van der Waals surface area contributed by atoms with Gasteiger partial charge in [-0.1, -0.05) is 53.7 Å². The minimum Gasteiger partial charge on any atom is -0.463 e. The molecule has 1 fully saturated rings. The van der Waals surface area contributed by atoms with Crippen molar-refractivity contribution < 1.29 is 18.8 Å². The molecule has 1 spiro atoms. The van der Waals surface area contributed by atoms with E-state index >= 15 is 0 Å². The number of piperidine rings is 1. The Labute approximate surface area is 231 Å². The number of aromatic nitrogens is 3. The molecule has 2 aromatic carbocycles. The number of benzene rings is 2. The van der Waals surface area contributed by atoms with Gasteiger partial charge in [-0.15, -0.1) is 5.10 Å². The van der Waals surface area contributed by atoms with E-state index in [9.17, 15) is 14.4 Å². The first-order valence-electron chi connectivity index (χ1n) is 13.8. The third-order valence-electron chi connectivity index (χ3n) is 8.07. The van der Waals surface area contributed by atoms with E-state index in [0.717, 1.165) is 16.6 Å². The third-order valence-corrected chi connectivity index (χ3v) is 8.07. The molecule has 4 heterocycles. The number of furan rings is 1. The number of nitrogens with zero attached hydrogens (tertiary/aromatic N) is 4. The van der Waals surface area contributed by atoms with Crippen molar-refractivity contribution in [2.45, 2.75) is 44.7 Å². The van der Waals surface area contributed by atoms with Gasteiger partial charge in [0.2, 0.25) is 11.8 Å². The van der Waals surface area contributed by atoms with E-state index in [0.29, 0.717) is 69.4 Å². The summed E-state index contributed by atoms with van der Waals surface area (Å²) in [7, 11) is 0. The van der Waals surface area contributed by atoms with Crippen molar-refractivity contribution in [3.63, 3.8) is 0 Å². The van der Waals surface area contributed by atoms with Crippen LogP contribution in [0.25, 0.3) is 11.0 Å². The zero-order valence-electron chi connectivity index (χ0n) is 22.2. The summed E-state index contributed by atoms with van der Waals surface area (Å²) in [5.41, 5.74) is 2.05. The first kappa shape index (κ1) is 25.8. The SMILES string of the molecule is O=C1NCCCn2cc(nn2)CC2(CCN(C(=O)c3coc4ccccc34)CC2)C(=O)N[C@H]1Cc1ccccc1. The van der Waals surface area contributed by atoms with Crippen molar-refractivity contribution in [3.05, 3.63) is 83.9 Å².